The standard InChI is InChI=1S/C10H14N2O3/c1-7(13)6-12(2)10(15)8-3-4-11-9(14)5-8/h3-5,7,13H,6H2,1-2H3,(H,11,14). The number of aliphatic hydroxyl groups excluding tert-OH is 1. The van der Waals surface area contributed by atoms with E-state index in [9.17, 15) is 9.59 Å². The molecule has 0 aromatic carbocycles. The second-order valence-electron chi connectivity index (χ2n) is 3.48. The summed E-state index contributed by atoms with van der Waals surface area (Å²) in [7, 11) is 1.58. The molecule has 0 fully saturated rings. The van der Waals surface area contributed by atoms with Crippen molar-refractivity contribution in [3.63, 3.8) is 0 Å². The van der Waals surface area contributed by atoms with Crippen LogP contribution in [0.25, 0.3) is 0 Å². The number of rotatable bonds is 3. The van der Waals surface area contributed by atoms with Gasteiger partial charge in [-0.15, -0.1) is 0 Å². The van der Waals surface area contributed by atoms with Crippen LogP contribution >= 0.6 is 0 Å². The van der Waals surface area contributed by atoms with E-state index in [1.165, 1.54) is 23.2 Å². The van der Waals surface area contributed by atoms with E-state index >= 15 is 0 Å². The summed E-state index contributed by atoms with van der Waals surface area (Å²) in [6.07, 6.45) is 0.840. The van der Waals surface area contributed by atoms with Crippen molar-refractivity contribution in [2.24, 2.45) is 0 Å². The summed E-state index contributed by atoms with van der Waals surface area (Å²) in [5.41, 5.74) is 0.00759. The molecule has 0 saturated heterocycles. The molecule has 0 saturated carbocycles. The molecule has 1 aromatic rings. The zero-order valence-corrected chi connectivity index (χ0v) is 8.73. The quantitative estimate of drug-likeness (QED) is 0.727. The van der Waals surface area contributed by atoms with Crippen molar-refractivity contribution in [1.82, 2.24) is 9.88 Å². The molecule has 0 spiro atoms. The minimum atomic E-state index is -0.582. The van der Waals surface area contributed by atoms with Gasteiger partial charge in [0.15, 0.2) is 0 Å². The average molecular weight is 210 g/mol. The molecule has 1 amide bonds. The van der Waals surface area contributed by atoms with Gasteiger partial charge in [-0.2, -0.15) is 0 Å². The Labute approximate surface area is 87.4 Å². The van der Waals surface area contributed by atoms with E-state index in [4.69, 9.17) is 5.11 Å². The Morgan fingerprint density at radius 2 is 2.33 bits per heavy atom. The van der Waals surface area contributed by atoms with Gasteiger partial charge in [-0.1, -0.05) is 0 Å². The van der Waals surface area contributed by atoms with E-state index in [2.05, 4.69) is 4.98 Å². The third-order valence-corrected chi connectivity index (χ3v) is 1.91. The molecular weight excluding hydrogens is 196 g/mol. The highest BCUT2D eigenvalue weighted by Gasteiger charge is 2.13. The fourth-order valence-corrected chi connectivity index (χ4v) is 1.28. The lowest BCUT2D eigenvalue weighted by molar-refractivity contribution is 0.0703. The molecule has 1 unspecified atom stereocenters. The highest BCUT2D eigenvalue weighted by Crippen LogP contribution is 2.00. The molecule has 2 N–H and O–H groups in total. The highest BCUT2D eigenvalue weighted by atomic mass is 16.3. The topological polar surface area (TPSA) is 73.4 Å². The zero-order chi connectivity index (χ0) is 11.4. The van der Waals surface area contributed by atoms with E-state index in [1.807, 2.05) is 0 Å². The van der Waals surface area contributed by atoms with Crippen LogP contribution in [0.2, 0.25) is 0 Å². The predicted molar refractivity (Wildman–Crippen MR) is 55.7 cm³/mol. The Balaban J connectivity index is 2.80. The third-order valence-electron chi connectivity index (χ3n) is 1.91. The molecule has 0 bridgehead atoms. The Kier molecular flexibility index (Phi) is 3.62. The monoisotopic (exact) mass is 210 g/mol. The van der Waals surface area contributed by atoms with E-state index in [0.717, 1.165) is 0 Å². The number of nitrogens with zero attached hydrogens (tertiary/aromatic N) is 1. The lowest BCUT2D eigenvalue weighted by atomic mass is 10.2. The van der Waals surface area contributed by atoms with E-state index < -0.39 is 6.10 Å². The van der Waals surface area contributed by atoms with Gasteiger partial charge in [0.05, 0.1) is 6.10 Å². The van der Waals surface area contributed by atoms with E-state index in [0.29, 0.717) is 5.56 Å². The molecular formula is C10H14N2O3. The first kappa shape index (κ1) is 11.5. The van der Waals surface area contributed by atoms with Gasteiger partial charge in [0.2, 0.25) is 5.56 Å². The first-order chi connectivity index (χ1) is 7.00. The van der Waals surface area contributed by atoms with Crippen LogP contribution in [0.1, 0.15) is 17.3 Å². The van der Waals surface area contributed by atoms with Gasteiger partial charge < -0.3 is 15.0 Å². The fourth-order valence-electron chi connectivity index (χ4n) is 1.28. The number of aromatic amines is 1. The lowest BCUT2D eigenvalue weighted by Crippen LogP contribution is -2.33. The summed E-state index contributed by atoms with van der Waals surface area (Å²) in [6, 6.07) is 2.77. The first-order valence-corrected chi connectivity index (χ1v) is 4.63. The van der Waals surface area contributed by atoms with Crippen molar-refractivity contribution < 1.29 is 9.90 Å². The second kappa shape index (κ2) is 4.75. The van der Waals surface area contributed by atoms with Crippen LogP contribution in [0, 0.1) is 0 Å². The van der Waals surface area contributed by atoms with Crippen LogP contribution in [0.5, 0.6) is 0 Å². The number of pyridine rings is 1. The van der Waals surface area contributed by atoms with Crippen molar-refractivity contribution in [2.45, 2.75) is 13.0 Å². The zero-order valence-electron chi connectivity index (χ0n) is 8.73. The van der Waals surface area contributed by atoms with Gasteiger partial charge in [0.1, 0.15) is 0 Å². The molecule has 82 valence electrons. The Hall–Kier alpha value is -1.62. The van der Waals surface area contributed by atoms with E-state index in [1.54, 1.807) is 14.0 Å². The smallest absolute Gasteiger partial charge is 0.253 e. The molecule has 15 heavy (non-hydrogen) atoms. The number of hydrogen-bond donors (Lipinski definition) is 2. The van der Waals surface area contributed by atoms with Gasteiger partial charge >= 0.3 is 0 Å². The molecule has 0 radical (unpaired) electrons. The number of likely N-dealkylation sites (N-methyl/N-ethyl adjacent to an activating group) is 1. The maximum absolute atomic E-state index is 11.7. The van der Waals surface area contributed by atoms with Gasteiger partial charge in [-0.05, 0) is 13.0 Å². The number of aliphatic hydroxyl groups is 1. The first-order valence-electron chi connectivity index (χ1n) is 4.63. The Morgan fingerprint density at radius 1 is 1.67 bits per heavy atom. The van der Waals surface area contributed by atoms with Crippen LogP contribution in [-0.2, 0) is 0 Å². The molecule has 0 aliphatic carbocycles. The van der Waals surface area contributed by atoms with Crippen molar-refractivity contribution in [1.29, 1.82) is 0 Å². The summed E-state index contributed by atoms with van der Waals surface area (Å²) in [5.74, 6) is -0.276. The number of nitrogens with one attached hydrogen (secondary N) is 1. The van der Waals surface area contributed by atoms with Crippen LogP contribution in [0.3, 0.4) is 0 Å². The molecule has 1 atom stereocenters. The minimum Gasteiger partial charge on any atom is -0.392 e. The van der Waals surface area contributed by atoms with Crippen LogP contribution in [0.4, 0.5) is 0 Å². The van der Waals surface area contributed by atoms with Crippen molar-refractivity contribution in [3.05, 3.63) is 34.2 Å². The number of carbonyl (C=O) groups is 1. The van der Waals surface area contributed by atoms with Crippen molar-refractivity contribution >= 4 is 5.91 Å². The van der Waals surface area contributed by atoms with Crippen LogP contribution < -0.4 is 5.56 Å². The van der Waals surface area contributed by atoms with Gasteiger partial charge in [0.25, 0.3) is 5.91 Å². The number of aromatic nitrogens is 1. The van der Waals surface area contributed by atoms with Gasteiger partial charge in [-0.3, -0.25) is 9.59 Å². The number of H-pyrrole nitrogens is 1. The molecule has 0 aliphatic heterocycles. The molecule has 5 nitrogen and oxygen atoms in total. The number of amides is 1. The maximum Gasteiger partial charge on any atom is 0.253 e. The third kappa shape index (κ3) is 3.21. The van der Waals surface area contributed by atoms with Crippen LogP contribution in [-0.4, -0.2) is 40.6 Å². The van der Waals surface area contributed by atoms with Gasteiger partial charge in [-0.25, -0.2) is 0 Å². The van der Waals surface area contributed by atoms with E-state index in [-0.39, 0.29) is 18.0 Å². The van der Waals surface area contributed by atoms with Gasteiger partial charge in [0, 0.05) is 31.4 Å². The molecule has 1 rings (SSSR count). The number of carbonyl (C=O) groups excluding carboxylic acids is 1. The summed E-state index contributed by atoms with van der Waals surface area (Å²) in [5, 5.41) is 9.11. The normalized spacial score (nSPS) is 12.2. The SMILES string of the molecule is CC(O)CN(C)C(=O)c1cc[nH]c(=O)c1. The highest BCUT2D eigenvalue weighted by molar-refractivity contribution is 5.93. The van der Waals surface area contributed by atoms with Crippen molar-refractivity contribution in [3.8, 4) is 0 Å². The summed E-state index contributed by atoms with van der Waals surface area (Å²) in [4.78, 5) is 26.5. The minimum absolute atomic E-state index is 0.242. The average Bonchev–Trinajstić information content (AvgIpc) is 2.15. The maximum atomic E-state index is 11.7. The fraction of sp³-hybridized carbons (Fsp3) is 0.400. The number of hydrogen-bond acceptors (Lipinski definition) is 3. The summed E-state index contributed by atoms with van der Waals surface area (Å²) < 4.78 is 0. The summed E-state index contributed by atoms with van der Waals surface area (Å²) in [6.45, 7) is 1.84. The predicted octanol–water partition coefficient (Wildman–Crippen LogP) is -0.172. The molecule has 1 aromatic heterocycles. The Bertz CT molecular complexity index is 398. The Morgan fingerprint density at radius 3 is 2.87 bits per heavy atom. The molecule has 5 heteroatoms. The van der Waals surface area contributed by atoms with Crippen LogP contribution in [0.15, 0.2) is 23.1 Å². The summed E-state index contributed by atoms with van der Waals surface area (Å²) >= 11 is 0. The largest absolute Gasteiger partial charge is 0.392 e. The molecule has 1 heterocycles. The lowest BCUT2D eigenvalue weighted by Gasteiger charge is -2.18. The van der Waals surface area contributed by atoms with Crippen molar-refractivity contribution in [2.75, 3.05) is 13.6 Å². The molecule has 0 aliphatic rings. The second-order valence-corrected chi connectivity index (χ2v) is 3.48.